The molecule has 3 aromatic rings. The number of hydrogen-bond acceptors (Lipinski definition) is 3. The Bertz CT molecular complexity index is 854. The van der Waals surface area contributed by atoms with Gasteiger partial charge in [-0.1, -0.05) is 36.4 Å². The first-order chi connectivity index (χ1) is 12.2. The fourth-order valence-electron chi connectivity index (χ4n) is 3.47. The van der Waals surface area contributed by atoms with Gasteiger partial charge in [-0.25, -0.2) is 4.98 Å². The quantitative estimate of drug-likeness (QED) is 0.713. The molecule has 1 aliphatic heterocycles. The van der Waals surface area contributed by atoms with Crippen molar-refractivity contribution in [3.05, 3.63) is 76.0 Å². The number of carbonyl (C=O) groups is 1. The Balaban J connectivity index is 1.59. The fraction of sp³-hybridized carbons (Fsp3) is 0.300. The highest BCUT2D eigenvalue weighted by Gasteiger charge is 2.31. The van der Waals surface area contributed by atoms with Gasteiger partial charge in [0.1, 0.15) is 5.82 Å². The van der Waals surface area contributed by atoms with E-state index in [9.17, 15) is 4.79 Å². The molecule has 1 atom stereocenters. The van der Waals surface area contributed by atoms with Gasteiger partial charge in [-0.05, 0) is 30.4 Å². The predicted molar refractivity (Wildman–Crippen MR) is 99.3 cm³/mol. The summed E-state index contributed by atoms with van der Waals surface area (Å²) in [5.74, 6) is 1.18. The normalized spacial score (nSPS) is 16.7. The maximum atomic E-state index is 13.0. The van der Waals surface area contributed by atoms with E-state index in [1.165, 1.54) is 10.4 Å². The first kappa shape index (κ1) is 16.1. The van der Waals surface area contributed by atoms with Crippen molar-refractivity contribution in [3.8, 4) is 0 Å². The predicted octanol–water partition coefficient (Wildman–Crippen LogP) is 3.97. The zero-order valence-electron chi connectivity index (χ0n) is 14.3. The van der Waals surface area contributed by atoms with Crippen LogP contribution in [0.4, 0.5) is 0 Å². The van der Waals surface area contributed by atoms with Crippen LogP contribution in [-0.2, 0) is 24.3 Å². The molecule has 0 fully saturated rings. The molecular formula is C20H21N3OS. The van der Waals surface area contributed by atoms with E-state index >= 15 is 0 Å². The Morgan fingerprint density at radius 1 is 1.24 bits per heavy atom. The van der Waals surface area contributed by atoms with E-state index in [0.29, 0.717) is 13.0 Å². The van der Waals surface area contributed by atoms with Crippen LogP contribution in [0.2, 0.25) is 0 Å². The number of rotatable bonds is 4. The minimum atomic E-state index is 0.0671. The van der Waals surface area contributed by atoms with Gasteiger partial charge in [0.05, 0.1) is 12.6 Å². The molecule has 4 rings (SSSR count). The summed E-state index contributed by atoms with van der Waals surface area (Å²) in [4.78, 5) is 20.8. The molecule has 2 aromatic heterocycles. The van der Waals surface area contributed by atoms with Crippen LogP contribution in [0.25, 0.3) is 0 Å². The Labute approximate surface area is 151 Å². The highest BCUT2D eigenvalue weighted by atomic mass is 32.1. The fourth-order valence-corrected chi connectivity index (χ4v) is 4.18. The van der Waals surface area contributed by atoms with Crippen molar-refractivity contribution in [2.75, 3.05) is 0 Å². The van der Waals surface area contributed by atoms with Gasteiger partial charge in [-0.15, -0.1) is 11.3 Å². The Morgan fingerprint density at radius 3 is 2.84 bits per heavy atom. The third kappa shape index (κ3) is 3.24. The summed E-state index contributed by atoms with van der Waals surface area (Å²) in [6.45, 7) is 3.43. The van der Waals surface area contributed by atoms with Gasteiger partial charge < -0.3 is 9.47 Å². The summed E-state index contributed by atoms with van der Waals surface area (Å²) < 4.78 is 2.24. The summed E-state index contributed by atoms with van der Waals surface area (Å²) in [6.07, 6.45) is 3.25. The molecule has 3 heterocycles. The minimum absolute atomic E-state index is 0.0671. The Kier molecular flexibility index (Phi) is 4.40. The number of nitrogens with zero attached hydrogens (tertiary/aromatic N) is 3. The second kappa shape index (κ2) is 6.84. The summed E-state index contributed by atoms with van der Waals surface area (Å²) in [6, 6.07) is 14.5. The van der Waals surface area contributed by atoms with Gasteiger partial charge in [0.25, 0.3) is 0 Å². The standard InChI is InChI=1S/C20H21N3OS/c1-15-12-21-19-14-23(20(24)10-9-17-8-5-11-25-17)18(13-22(15)19)16-6-3-2-4-7-16/h2-8,11-12,18H,9-10,13-14H2,1H3. The summed E-state index contributed by atoms with van der Waals surface area (Å²) in [7, 11) is 0. The number of hydrogen-bond donors (Lipinski definition) is 0. The molecule has 0 spiro atoms. The van der Waals surface area contributed by atoms with Gasteiger partial charge in [0.15, 0.2) is 0 Å². The lowest BCUT2D eigenvalue weighted by Crippen LogP contribution is -2.41. The van der Waals surface area contributed by atoms with E-state index < -0.39 is 0 Å². The third-order valence-corrected chi connectivity index (χ3v) is 5.79. The number of amides is 1. The number of imidazole rings is 1. The number of aryl methyl sites for hydroxylation is 2. The summed E-state index contributed by atoms with van der Waals surface area (Å²) in [5.41, 5.74) is 2.34. The molecule has 5 heteroatoms. The van der Waals surface area contributed by atoms with Crippen molar-refractivity contribution in [2.24, 2.45) is 0 Å². The molecule has 0 radical (unpaired) electrons. The van der Waals surface area contributed by atoms with Crippen molar-refractivity contribution in [3.63, 3.8) is 0 Å². The second-order valence-electron chi connectivity index (χ2n) is 6.45. The molecule has 1 aliphatic rings. The number of thiophene rings is 1. The number of carbonyl (C=O) groups excluding carboxylic acids is 1. The van der Waals surface area contributed by atoms with Crippen LogP contribution in [0.3, 0.4) is 0 Å². The van der Waals surface area contributed by atoms with Gasteiger partial charge >= 0.3 is 0 Å². The number of aromatic nitrogens is 2. The molecule has 0 aliphatic carbocycles. The second-order valence-corrected chi connectivity index (χ2v) is 7.49. The van der Waals surface area contributed by atoms with Crippen LogP contribution in [0.15, 0.2) is 54.0 Å². The zero-order valence-corrected chi connectivity index (χ0v) is 15.1. The molecule has 25 heavy (non-hydrogen) atoms. The van der Waals surface area contributed by atoms with E-state index in [4.69, 9.17) is 0 Å². The van der Waals surface area contributed by atoms with E-state index in [2.05, 4.69) is 40.1 Å². The SMILES string of the molecule is Cc1cnc2n1CC(c1ccccc1)N(C(=O)CCc1cccs1)C2. The lowest BCUT2D eigenvalue weighted by atomic mass is 10.0. The molecule has 0 saturated heterocycles. The van der Waals surface area contributed by atoms with Crippen LogP contribution in [-0.4, -0.2) is 20.4 Å². The Morgan fingerprint density at radius 2 is 2.08 bits per heavy atom. The van der Waals surface area contributed by atoms with E-state index in [-0.39, 0.29) is 11.9 Å². The van der Waals surface area contributed by atoms with E-state index in [0.717, 1.165) is 24.5 Å². The molecule has 1 amide bonds. The highest BCUT2D eigenvalue weighted by molar-refractivity contribution is 7.09. The van der Waals surface area contributed by atoms with Crippen molar-refractivity contribution in [2.45, 2.75) is 38.9 Å². The molecule has 128 valence electrons. The Hall–Kier alpha value is -2.40. The molecule has 0 saturated carbocycles. The van der Waals surface area contributed by atoms with Crippen LogP contribution >= 0.6 is 11.3 Å². The highest BCUT2D eigenvalue weighted by Crippen LogP contribution is 2.31. The topological polar surface area (TPSA) is 38.1 Å². The van der Waals surface area contributed by atoms with Crippen molar-refractivity contribution < 1.29 is 4.79 Å². The minimum Gasteiger partial charge on any atom is -0.328 e. The maximum Gasteiger partial charge on any atom is 0.223 e. The van der Waals surface area contributed by atoms with Crippen LogP contribution < -0.4 is 0 Å². The smallest absolute Gasteiger partial charge is 0.223 e. The van der Waals surface area contributed by atoms with Crippen LogP contribution in [0, 0.1) is 6.92 Å². The molecule has 1 unspecified atom stereocenters. The molecular weight excluding hydrogens is 330 g/mol. The monoisotopic (exact) mass is 351 g/mol. The van der Waals surface area contributed by atoms with Crippen molar-refractivity contribution in [1.82, 2.24) is 14.5 Å². The van der Waals surface area contributed by atoms with Crippen molar-refractivity contribution >= 4 is 17.2 Å². The average Bonchev–Trinajstić information content (AvgIpc) is 3.29. The first-order valence-corrected chi connectivity index (χ1v) is 9.48. The largest absolute Gasteiger partial charge is 0.328 e. The molecule has 0 N–H and O–H groups in total. The van der Waals surface area contributed by atoms with Crippen LogP contribution in [0.5, 0.6) is 0 Å². The van der Waals surface area contributed by atoms with Gasteiger partial charge in [0, 0.05) is 29.7 Å². The van der Waals surface area contributed by atoms with Gasteiger partial charge in [0.2, 0.25) is 5.91 Å². The third-order valence-electron chi connectivity index (χ3n) is 4.85. The first-order valence-electron chi connectivity index (χ1n) is 8.60. The average molecular weight is 351 g/mol. The number of benzene rings is 1. The van der Waals surface area contributed by atoms with Crippen LogP contribution in [0.1, 0.15) is 34.4 Å². The molecule has 4 nitrogen and oxygen atoms in total. The van der Waals surface area contributed by atoms with E-state index in [1.807, 2.05) is 35.4 Å². The summed E-state index contributed by atoms with van der Waals surface area (Å²) >= 11 is 1.71. The van der Waals surface area contributed by atoms with Crippen molar-refractivity contribution in [1.29, 1.82) is 0 Å². The zero-order chi connectivity index (χ0) is 17.2. The lowest BCUT2D eigenvalue weighted by molar-refractivity contribution is -0.135. The molecule has 1 aromatic carbocycles. The summed E-state index contributed by atoms with van der Waals surface area (Å²) in [5, 5.41) is 2.06. The lowest BCUT2D eigenvalue weighted by Gasteiger charge is -2.37. The van der Waals surface area contributed by atoms with Gasteiger partial charge in [-0.3, -0.25) is 4.79 Å². The maximum absolute atomic E-state index is 13.0. The van der Waals surface area contributed by atoms with Gasteiger partial charge in [-0.2, -0.15) is 0 Å². The van der Waals surface area contributed by atoms with E-state index in [1.54, 1.807) is 11.3 Å². The molecule has 0 bridgehead atoms. The number of fused-ring (bicyclic) bond motifs is 1.